The molecular weight excluding hydrogens is 140 g/mol. The summed E-state index contributed by atoms with van der Waals surface area (Å²) >= 11 is 6.53. The van der Waals surface area contributed by atoms with Gasteiger partial charge in [0.15, 0.2) is 0 Å². The van der Waals surface area contributed by atoms with Gasteiger partial charge in [-0.2, -0.15) is 0 Å². The second-order valence-electron chi connectivity index (χ2n) is 1.57. The molecular formula is C4H8N2S2. The van der Waals surface area contributed by atoms with Crippen LogP contribution in [0.4, 0.5) is 0 Å². The Labute approximate surface area is 58.4 Å². The van der Waals surface area contributed by atoms with Gasteiger partial charge in [-0.1, -0.05) is 30.9 Å². The average Bonchev–Trinajstić information content (AvgIpc) is 2.14. The van der Waals surface area contributed by atoms with Crippen LogP contribution in [0.3, 0.4) is 0 Å². The summed E-state index contributed by atoms with van der Waals surface area (Å²) in [6.45, 7) is 2.13. The number of nitrogens with one attached hydrogen (secondary N) is 2. The number of hydrazine groups is 1. The Morgan fingerprint density at radius 3 is 2.88 bits per heavy atom. The molecule has 1 heterocycles. The fraction of sp³-hybridized carbons (Fsp3) is 0.750. The highest BCUT2D eigenvalue weighted by Crippen LogP contribution is 2.15. The first kappa shape index (κ1) is 6.32. The topological polar surface area (TPSA) is 24.1 Å². The lowest BCUT2D eigenvalue weighted by atomic mass is 10.5. The zero-order chi connectivity index (χ0) is 5.98. The van der Waals surface area contributed by atoms with Gasteiger partial charge >= 0.3 is 0 Å². The predicted molar refractivity (Wildman–Crippen MR) is 40.5 cm³/mol. The standard InChI is InChI=1S/C4H8N2S2/c1-2-3-5-6-4(7)8-3/h3,5H,2H2,1H3,(H,6,7). The van der Waals surface area contributed by atoms with Crippen LogP contribution in [0.2, 0.25) is 0 Å². The van der Waals surface area contributed by atoms with Crippen molar-refractivity contribution in [3.05, 3.63) is 0 Å². The van der Waals surface area contributed by atoms with E-state index in [0.29, 0.717) is 5.37 Å². The van der Waals surface area contributed by atoms with Crippen LogP contribution in [0.25, 0.3) is 0 Å². The summed E-state index contributed by atoms with van der Waals surface area (Å²) in [5, 5.41) is 0.488. The average molecular weight is 148 g/mol. The van der Waals surface area contributed by atoms with Crippen LogP contribution in [0.15, 0.2) is 0 Å². The second-order valence-corrected chi connectivity index (χ2v) is 3.45. The van der Waals surface area contributed by atoms with Crippen molar-refractivity contribution in [2.75, 3.05) is 0 Å². The third-order valence-electron chi connectivity index (χ3n) is 0.955. The molecule has 0 radical (unpaired) electrons. The normalized spacial score (nSPS) is 28.1. The highest BCUT2D eigenvalue weighted by Gasteiger charge is 2.15. The van der Waals surface area contributed by atoms with Crippen LogP contribution in [-0.2, 0) is 0 Å². The summed E-state index contributed by atoms with van der Waals surface area (Å²) in [4.78, 5) is 0. The summed E-state index contributed by atoms with van der Waals surface area (Å²) in [6, 6.07) is 0. The van der Waals surface area contributed by atoms with E-state index >= 15 is 0 Å². The van der Waals surface area contributed by atoms with Crippen molar-refractivity contribution in [3.63, 3.8) is 0 Å². The Morgan fingerprint density at radius 2 is 2.62 bits per heavy atom. The van der Waals surface area contributed by atoms with Gasteiger partial charge in [0.05, 0.1) is 5.37 Å². The van der Waals surface area contributed by atoms with Gasteiger partial charge < -0.3 is 5.43 Å². The Hall–Kier alpha value is 0.200. The number of hydrogen-bond donors (Lipinski definition) is 2. The molecule has 0 aromatic rings. The fourth-order valence-corrected chi connectivity index (χ4v) is 1.58. The quantitative estimate of drug-likeness (QED) is 0.538. The highest BCUT2D eigenvalue weighted by molar-refractivity contribution is 8.23. The molecule has 4 heteroatoms. The Kier molecular flexibility index (Phi) is 2.10. The van der Waals surface area contributed by atoms with E-state index in [4.69, 9.17) is 12.2 Å². The maximum absolute atomic E-state index is 4.85. The van der Waals surface area contributed by atoms with Crippen molar-refractivity contribution in [2.24, 2.45) is 0 Å². The van der Waals surface area contributed by atoms with Crippen LogP contribution in [-0.4, -0.2) is 9.69 Å². The molecule has 0 aromatic carbocycles. The molecule has 1 fully saturated rings. The number of hydrogen-bond acceptors (Lipinski definition) is 3. The van der Waals surface area contributed by atoms with Gasteiger partial charge in [-0.3, -0.25) is 0 Å². The Bertz CT molecular complexity index is 104. The van der Waals surface area contributed by atoms with Crippen molar-refractivity contribution >= 4 is 28.3 Å². The minimum absolute atomic E-state index is 0.488. The smallest absolute Gasteiger partial charge is 0.149 e. The van der Waals surface area contributed by atoms with E-state index in [2.05, 4.69) is 17.8 Å². The minimum Gasteiger partial charge on any atom is -0.306 e. The molecule has 46 valence electrons. The lowest BCUT2D eigenvalue weighted by Crippen LogP contribution is -2.30. The van der Waals surface area contributed by atoms with E-state index in [-0.39, 0.29) is 0 Å². The number of rotatable bonds is 1. The molecule has 2 N–H and O–H groups in total. The molecule has 0 aliphatic carbocycles. The molecule has 1 rings (SSSR count). The van der Waals surface area contributed by atoms with Crippen molar-refractivity contribution in [1.29, 1.82) is 0 Å². The zero-order valence-electron chi connectivity index (χ0n) is 4.60. The molecule has 1 aliphatic heterocycles. The maximum atomic E-state index is 4.85. The molecule has 0 saturated carbocycles. The molecule has 2 nitrogen and oxygen atoms in total. The van der Waals surface area contributed by atoms with Crippen molar-refractivity contribution in [2.45, 2.75) is 18.7 Å². The van der Waals surface area contributed by atoms with Crippen molar-refractivity contribution < 1.29 is 0 Å². The van der Waals surface area contributed by atoms with Gasteiger partial charge in [0, 0.05) is 0 Å². The van der Waals surface area contributed by atoms with E-state index in [9.17, 15) is 0 Å². The lowest BCUT2D eigenvalue weighted by molar-refractivity contribution is 0.627. The summed E-state index contributed by atoms with van der Waals surface area (Å²) in [7, 11) is 0. The Balaban J connectivity index is 2.32. The molecule has 0 aromatic heterocycles. The van der Waals surface area contributed by atoms with Crippen molar-refractivity contribution in [3.8, 4) is 0 Å². The molecule has 0 amide bonds. The first-order chi connectivity index (χ1) is 3.83. The maximum Gasteiger partial charge on any atom is 0.149 e. The molecule has 1 unspecified atom stereocenters. The minimum atomic E-state index is 0.488. The van der Waals surface area contributed by atoms with Gasteiger partial charge in [-0.25, -0.2) is 5.43 Å². The third kappa shape index (κ3) is 1.34. The van der Waals surface area contributed by atoms with Gasteiger partial charge in [0.1, 0.15) is 4.32 Å². The molecule has 1 aliphatic rings. The molecule has 8 heavy (non-hydrogen) atoms. The van der Waals surface area contributed by atoms with Crippen molar-refractivity contribution in [1.82, 2.24) is 10.9 Å². The monoisotopic (exact) mass is 148 g/mol. The first-order valence-electron chi connectivity index (χ1n) is 2.55. The van der Waals surface area contributed by atoms with Gasteiger partial charge in [-0.05, 0) is 6.42 Å². The van der Waals surface area contributed by atoms with Crippen LogP contribution in [0.5, 0.6) is 0 Å². The highest BCUT2D eigenvalue weighted by atomic mass is 32.2. The molecule has 1 saturated heterocycles. The van der Waals surface area contributed by atoms with Gasteiger partial charge in [0.25, 0.3) is 0 Å². The first-order valence-corrected chi connectivity index (χ1v) is 3.84. The van der Waals surface area contributed by atoms with E-state index in [1.54, 1.807) is 11.8 Å². The van der Waals surface area contributed by atoms with E-state index in [1.165, 1.54) is 0 Å². The predicted octanol–water partition coefficient (Wildman–Crippen LogP) is 0.848. The fourth-order valence-electron chi connectivity index (χ4n) is 0.513. The van der Waals surface area contributed by atoms with Gasteiger partial charge in [-0.15, -0.1) is 0 Å². The van der Waals surface area contributed by atoms with E-state index in [0.717, 1.165) is 10.7 Å². The second kappa shape index (κ2) is 2.66. The number of thiocarbonyl (C=S) groups is 1. The van der Waals surface area contributed by atoms with E-state index in [1.807, 2.05) is 0 Å². The summed E-state index contributed by atoms with van der Waals surface area (Å²) in [6.07, 6.45) is 1.11. The van der Waals surface area contributed by atoms with Crippen LogP contribution < -0.4 is 10.9 Å². The largest absolute Gasteiger partial charge is 0.306 e. The van der Waals surface area contributed by atoms with Gasteiger partial charge in [0.2, 0.25) is 0 Å². The summed E-state index contributed by atoms with van der Waals surface area (Å²) < 4.78 is 0.858. The van der Waals surface area contributed by atoms with Crippen LogP contribution in [0, 0.1) is 0 Å². The third-order valence-corrected chi connectivity index (χ3v) is 2.40. The van der Waals surface area contributed by atoms with Crippen LogP contribution in [0.1, 0.15) is 13.3 Å². The Morgan fingerprint density at radius 1 is 1.88 bits per heavy atom. The molecule has 1 atom stereocenters. The lowest BCUT2D eigenvalue weighted by Gasteiger charge is -1.99. The molecule has 0 bridgehead atoms. The molecule has 0 spiro atoms. The van der Waals surface area contributed by atoms with E-state index < -0.39 is 0 Å². The summed E-state index contributed by atoms with van der Waals surface area (Å²) in [5.41, 5.74) is 5.89. The summed E-state index contributed by atoms with van der Waals surface area (Å²) in [5.74, 6) is 0. The van der Waals surface area contributed by atoms with Crippen LogP contribution >= 0.6 is 24.0 Å². The zero-order valence-corrected chi connectivity index (χ0v) is 6.23. The SMILES string of the molecule is CCC1NNC(=S)S1. The number of thioether (sulfide) groups is 1.